The average molecular weight is 360 g/mol. The van der Waals surface area contributed by atoms with Crippen LogP contribution in [0.2, 0.25) is 0 Å². The van der Waals surface area contributed by atoms with Crippen LogP contribution in [0.4, 0.5) is 0 Å². The summed E-state index contributed by atoms with van der Waals surface area (Å²) in [6.45, 7) is 4.52. The highest BCUT2D eigenvalue weighted by Crippen LogP contribution is 2.30. The Morgan fingerprint density at radius 2 is 1.81 bits per heavy atom. The molecule has 3 N–H and O–H groups in total. The molecule has 0 aliphatic rings. The van der Waals surface area contributed by atoms with Gasteiger partial charge in [-0.15, -0.1) is 0 Å². The number of aryl methyl sites for hydroxylation is 2. The predicted octanol–water partition coefficient (Wildman–Crippen LogP) is 2.81. The summed E-state index contributed by atoms with van der Waals surface area (Å²) in [6.07, 6.45) is 7.39. The normalized spacial score (nSPS) is 13.1. The van der Waals surface area contributed by atoms with Crippen molar-refractivity contribution in [3.63, 3.8) is 0 Å². The van der Waals surface area contributed by atoms with Gasteiger partial charge >= 0.3 is 0 Å². The Kier molecular flexibility index (Phi) is 5.62. The molecule has 2 heterocycles. The highest BCUT2D eigenvalue weighted by molar-refractivity contribution is 5.87. The molecule has 0 spiro atoms. The molecule has 0 aliphatic carbocycles. The molecule has 1 amide bonds. The number of nitrogens with zero attached hydrogens (tertiary/aromatic N) is 2. The second kappa shape index (κ2) is 8.10. The van der Waals surface area contributed by atoms with Crippen LogP contribution in [-0.2, 0) is 23.3 Å². The molecule has 0 aliphatic heterocycles. The van der Waals surface area contributed by atoms with E-state index in [1.807, 2.05) is 56.3 Å². The Bertz CT molecular complexity index is 912. The highest BCUT2D eigenvalue weighted by atomic mass is 16.1. The van der Waals surface area contributed by atoms with Crippen molar-refractivity contribution in [1.82, 2.24) is 15.3 Å². The van der Waals surface area contributed by atoms with Crippen LogP contribution in [0.1, 0.15) is 27.8 Å². The standard InChI is InChI=1S/C22H24N4O/c1-16-5-6-17(2)20(12-16)22(21(23)27,13-19-4-3-9-25-14-19)26-15-18-7-10-24-11-8-18/h3-12,14,26H,13,15H2,1-2H3,(H2,23,27). The number of hydrogen-bond donors (Lipinski definition) is 2. The van der Waals surface area contributed by atoms with Gasteiger partial charge in [-0.05, 0) is 54.3 Å². The summed E-state index contributed by atoms with van der Waals surface area (Å²) in [5.41, 5.74) is 9.94. The number of hydrogen-bond acceptors (Lipinski definition) is 4. The van der Waals surface area contributed by atoms with Crippen molar-refractivity contribution in [2.75, 3.05) is 0 Å². The highest BCUT2D eigenvalue weighted by Gasteiger charge is 2.39. The van der Waals surface area contributed by atoms with Crippen LogP contribution in [-0.4, -0.2) is 15.9 Å². The van der Waals surface area contributed by atoms with Crippen LogP contribution >= 0.6 is 0 Å². The summed E-state index contributed by atoms with van der Waals surface area (Å²) in [5, 5.41) is 3.45. The Morgan fingerprint density at radius 1 is 1.04 bits per heavy atom. The van der Waals surface area contributed by atoms with Gasteiger partial charge in [0.15, 0.2) is 0 Å². The lowest BCUT2D eigenvalue weighted by Crippen LogP contribution is -2.54. The SMILES string of the molecule is Cc1ccc(C)c(C(Cc2cccnc2)(NCc2ccncc2)C(N)=O)c1. The third-order valence-corrected chi connectivity index (χ3v) is 4.81. The number of benzene rings is 1. The summed E-state index contributed by atoms with van der Waals surface area (Å²) >= 11 is 0. The zero-order valence-electron chi connectivity index (χ0n) is 15.6. The molecule has 0 radical (unpaired) electrons. The van der Waals surface area contributed by atoms with Crippen molar-refractivity contribution in [1.29, 1.82) is 0 Å². The Balaban J connectivity index is 2.07. The van der Waals surface area contributed by atoms with E-state index >= 15 is 0 Å². The first-order chi connectivity index (χ1) is 13.0. The summed E-state index contributed by atoms with van der Waals surface area (Å²) in [5.74, 6) is -0.408. The first-order valence-electron chi connectivity index (χ1n) is 8.92. The van der Waals surface area contributed by atoms with Crippen LogP contribution in [0.5, 0.6) is 0 Å². The lowest BCUT2D eigenvalue weighted by Gasteiger charge is -2.34. The summed E-state index contributed by atoms with van der Waals surface area (Å²) in [4.78, 5) is 21.1. The zero-order chi connectivity index (χ0) is 19.3. The third kappa shape index (κ3) is 4.20. The zero-order valence-corrected chi connectivity index (χ0v) is 15.6. The van der Waals surface area contributed by atoms with Crippen LogP contribution in [0.3, 0.4) is 0 Å². The van der Waals surface area contributed by atoms with E-state index in [1.54, 1.807) is 24.8 Å². The van der Waals surface area contributed by atoms with Crippen LogP contribution in [0.25, 0.3) is 0 Å². The molecule has 1 atom stereocenters. The van der Waals surface area contributed by atoms with E-state index in [2.05, 4.69) is 15.3 Å². The maximum absolute atomic E-state index is 12.8. The van der Waals surface area contributed by atoms with Gasteiger partial charge in [-0.1, -0.05) is 29.8 Å². The van der Waals surface area contributed by atoms with Crippen molar-refractivity contribution in [3.8, 4) is 0 Å². The monoisotopic (exact) mass is 360 g/mol. The van der Waals surface area contributed by atoms with Gasteiger partial charge in [-0.2, -0.15) is 0 Å². The average Bonchev–Trinajstić information content (AvgIpc) is 2.68. The molecule has 0 bridgehead atoms. The van der Waals surface area contributed by atoms with Gasteiger partial charge in [0.05, 0.1) is 0 Å². The predicted molar refractivity (Wildman–Crippen MR) is 106 cm³/mol. The number of aromatic nitrogens is 2. The van der Waals surface area contributed by atoms with E-state index in [4.69, 9.17) is 5.73 Å². The molecular formula is C22H24N4O. The number of nitrogens with one attached hydrogen (secondary N) is 1. The van der Waals surface area contributed by atoms with Gasteiger partial charge in [-0.25, -0.2) is 0 Å². The number of carbonyl (C=O) groups excluding carboxylic acids is 1. The molecular weight excluding hydrogens is 336 g/mol. The molecule has 27 heavy (non-hydrogen) atoms. The fourth-order valence-corrected chi connectivity index (χ4v) is 3.32. The quantitative estimate of drug-likeness (QED) is 0.679. The van der Waals surface area contributed by atoms with Crippen molar-refractivity contribution in [2.45, 2.75) is 32.4 Å². The Labute approximate surface area is 159 Å². The topological polar surface area (TPSA) is 80.9 Å². The minimum absolute atomic E-state index is 0.408. The maximum Gasteiger partial charge on any atom is 0.242 e. The number of pyridine rings is 2. The Hall–Kier alpha value is -3.05. The molecule has 1 unspecified atom stereocenters. The first kappa shape index (κ1) is 18.7. The summed E-state index contributed by atoms with van der Waals surface area (Å²) in [7, 11) is 0. The van der Waals surface area contributed by atoms with E-state index in [0.717, 1.165) is 27.8 Å². The fraction of sp³-hybridized carbons (Fsp3) is 0.227. The molecule has 5 nitrogen and oxygen atoms in total. The molecule has 5 heteroatoms. The van der Waals surface area contributed by atoms with Gasteiger partial charge in [-0.3, -0.25) is 20.1 Å². The minimum atomic E-state index is -1.04. The second-order valence-electron chi connectivity index (χ2n) is 6.84. The Morgan fingerprint density at radius 3 is 2.48 bits per heavy atom. The third-order valence-electron chi connectivity index (χ3n) is 4.81. The van der Waals surface area contributed by atoms with Crippen molar-refractivity contribution >= 4 is 5.91 Å². The molecule has 0 fully saturated rings. The van der Waals surface area contributed by atoms with Gasteiger partial charge in [0.1, 0.15) is 5.54 Å². The van der Waals surface area contributed by atoms with Gasteiger partial charge < -0.3 is 5.73 Å². The van der Waals surface area contributed by atoms with Crippen molar-refractivity contribution in [3.05, 3.63) is 95.1 Å². The number of nitrogens with two attached hydrogens (primary N) is 1. The van der Waals surface area contributed by atoms with E-state index in [1.165, 1.54) is 0 Å². The maximum atomic E-state index is 12.8. The van der Waals surface area contributed by atoms with Crippen LogP contribution < -0.4 is 11.1 Å². The smallest absolute Gasteiger partial charge is 0.242 e. The van der Waals surface area contributed by atoms with Crippen molar-refractivity contribution in [2.24, 2.45) is 5.73 Å². The summed E-state index contributed by atoms with van der Waals surface area (Å²) in [6, 6.07) is 13.8. The van der Waals surface area contributed by atoms with Gasteiger partial charge in [0.2, 0.25) is 5.91 Å². The first-order valence-corrected chi connectivity index (χ1v) is 8.92. The molecule has 3 aromatic rings. The number of primary amides is 1. The molecule has 0 saturated heterocycles. The minimum Gasteiger partial charge on any atom is -0.368 e. The lowest BCUT2D eigenvalue weighted by molar-refractivity contribution is -0.125. The number of carbonyl (C=O) groups is 1. The van der Waals surface area contributed by atoms with Crippen molar-refractivity contribution < 1.29 is 4.79 Å². The molecule has 138 valence electrons. The number of amides is 1. The van der Waals surface area contributed by atoms with E-state index < -0.39 is 11.4 Å². The fourth-order valence-electron chi connectivity index (χ4n) is 3.32. The number of rotatable bonds is 7. The van der Waals surface area contributed by atoms with Crippen LogP contribution in [0.15, 0.2) is 67.3 Å². The van der Waals surface area contributed by atoms with Gasteiger partial charge in [0, 0.05) is 37.8 Å². The van der Waals surface area contributed by atoms with Gasteiger partial charge in [0.25, 0.3) is 0 Å². The molecule has 2 aromatic heterocycles. The van der Waals surface area contributed by atoms with Crippen LogP contribution in [0, 0.1) is 13.8 Å². The van der Waals surface area contributed by atoms with E-state index in [-0.39, 0.29) is 0 Å². The molecule has 1 aromatic carbocycles. The van der Waals surface area contributed by atoms with E-state index in [0.29, 0.717) is 13.0 Å². The molecule has 0 saturated carbocycles. The summed E-state index contributed by atoms with van der Waals surface area (Å²) < 4.78 is 0. The second-order valence-corrected chi connectivity index (χ2v) is 6.84. The largest absolute Gasteiger partial charge is 0.368 e. The molecule has 3 rings (SSSR count). The lowest BCUT2D eigenvalue weighted by atomic mass is 9.80. The van der Waals surface area contributed by atoms with E-state index in [9.17, 15) is 4.79 Å².